The van der Waals surface area contributed by atoms with Crippen LogP contribution in [0.3, 0.4) is 0 Å². The summed E-state index contributed by atoms with van der Waals surface area (Å²) in [5.74, 6) is 0. The summed E-state index contributed by atoms with van der Waals surface area (Å²) in [6, 6.07) is 39.1. The van der Waals surface area contributed by atoms with Crippen molar-refractivity contribution < 1.29 is 8.39 Å². The van der Waals surface area contributed by atoms with Crippen molar-refractivity contribution in [3.8, 4) is 0 Å². The van der Waals surface area contributed by atoms with Crippen molar-refractivity contribution in [2.45, 2.75) is 53.6 Å². The molecule has 220 valence electrons. The van der Waals surface area contributed by atoms with Gasteiger partial charge in [0.05, 0.1) is 0 Å². The predicted molar refractivity (Wildman–Crippen MR) is 188 cm³/mol. The lowest BCUT2D eigenvalue weighted by molar-refractivity contribution is 0.561. The van der Waals surface area contributed by atoms with E-state index in [4.69, 9.17) is 8.39 Å². The maximum Gasteiger partial charge on any atom is 0.310 e. The maximum atomic E-state index is 7.11. The molecule has 2 atom stereocenters. The molecule has 0 unspecified atom stereocenters. The molecule has 1 heterocycles. The van der Waals surface area contributed by atoms with E-state index < -0.39 is 8.16 Å². The van der Waals surface area contributed by atoms with Gasteiger partial charge < -0.3 is 8.39 Å². The fourth-order valence-corrected chi connectivity index (χ4v) is 8.45. The Kier molecular flexibility index (Phi) is 7.33. The van der Waals surface area contributed by atoms with Crippen LogP contribution in [-0.4, -0.2) is 0 Å². The molecule has 6 aromatic carbocycles. The van der Waals surface area contributed by atoms with Crippen molar-refractivity contribution in [1.82, 2.24) is 0 Å². The summed E-state index contributed by atoms with van der Waals surface area (Å²) in [6.45, 7) is 13.3. The molecule has 7 rings (SSSR count). The normalized spacial score (nSPS) is 13.2. The summed E-state index contributed by atoms with van der Waals surface area (Å²) in [7, 11) is -1.58. The Balaban J connectivity index is 1.56. The molecule has 44 heavy (non-hydrogen) atoms. The molecule has 0 aliphatic carbocycles. The van der Waals surface area contributed by atoms with Crippen LogP contribution in [0.15, 0.2) is 118 Å². The summed E-state index contributed by atoms with van der Waals surface area (Å²) in [5.41, 5.74) is 9.23. The van der Waals surface area contributed by atoms with Crippen LogP contribution in [0.4, 0.5) is 0 Å². The van der Waals surface area contributed by atoms with Gasteiger partial charge in [0, 0.05) is 22.9 Å². The van der Waals surface area contributed by atoms with Crippen LogP contribution in [0.5, 0.6) is 0 Å². The average molecular weight is 596 g/mol. The lowest BCUT2D eigenvalue weighted by Gasteiger charge is -2.33. The van der Waals surface area contributed by atoms with Crippen LogP contribution in [0.25, 0.3) is 43.5 Å². The second kappa shape index (κ2) is 11.3. The molecular formula is C40H38NO2P. The first-order chi connectivity index (χ1) is 21.3. The van der Waals surface area contributed by atoms with Crippen molar-refractivity contribution in [2.75, 3.05) is 4.67 Å². The molecule has 0 aliphatic heterocycles. The third-order valence-corrected chi connectivity index (χ3v) is 11.3. The van der Waals surface area contributed by atoms with Gasteiger partial charge >= 0.3 is 8.16 Å². The molecule has 3 nitrogen and oxygen atoms in total. The SMILES string of the molecule is Cc1ccc2op(N([C@@H](C)c3cccc4ccccc34)[C@@H](C)c3cccc4ccccc34)oc3ccc(C)c(C)c3c2c1C. The number of rotatable bonds is 5. The molecule has 0 aliphatic rings. The van der Waals surface area contributed by atoms with Gasteiger partial charge in [-0.1, -0.05) is 97.1 Å². The zero-order valence-electron chi connectivity index (χ0n) is 26.3. The smallest absolute Gasteiger partial charge is 0.310 e. The quantitative estimate of drug-likeness (QED) is 0.198. The standard InChI is InChI=1S/C40H38NO2P/c1-25-21-23-37-39(27(25)3)40-28(4)26(2)22-24-38(40)43-44(42-37)41(29(5)33-19-11-15-31-13-7-9-17-35(31)33)30(6)34-20-12-16-32-14-8-10-18-36(32)34/h7-24,29-30H,1-6H3/t29-,30-/m0/s1. The van der Waals surface area contributed by atoms with E-state index >= 15 is 0 Å². The highest BCUT2D eigenvalue weighted by atomic mass is 31.1. The van der Waals surface area contributed by atoms with E-state index in [1.165, 1.54) is 54.9 Å². The molecule has 0 bridgehead atoms. The van der Waals surface area contributed by atoms with Crippen LogP contribution in [0.1, 0.15) is 59.3 Å². The van der Waals surface area contributed by atoms with Crippen molar-refractivity contribution in [3.05, 3.63) is 143 Å². The molecule has 0 spiro atoms. The zero-order chi connectivity index (χ0) is 30.5. The van der Waals surface area contributed by atoms with Gasteiger partial charge in [0.15, 0.2) is 0 Å². The number of hydrogen-bond donors (Lipinski definition) is 0. The number of benzene rings is 6. The van der Waals surface area contributed by atoms with Gasteiger partial charge in [-0.25, -0.2) is 0 Å². The summed E-state index contributed by atoms with van der Waals surface area (Å²) in [6.07, 6.45) is 0. The maximum absolute atomic E-state index is 7.11. The van der Waals surface area contributed by atoms with Crippen molar-refractivity contribution in [3.63, 3.8) is 0 Å². The third-order valence-electron chi connectivity index (χ3n) is 9.53. The highest BCUT2D eigenvalue weighted by Crippen LogP contribution is 2.48. The van der Waals surface area contributed by atoms with Crippen LogP contribution in [0.2, 0.25) is 0 Å². The van der Waals surface area contributed by atoms with Crippen LogP contribution in [0, 0.1) is 27.7 Å². The molecule has 0 saturated heterocycles. The lowest BCUT2D eigenvalue weighted by atomic mass is 9.96. The summed E-state index contributed by atoms with van der Waals surface area (Å²) in [5, 5.41) is 7.25. The van der Waals surface area contributed by atoms with Gasteiger partial charge in [0.1, 0.15) is 11.2 Å². The molecule has 7 aromatic rings. The largest absolute Gasteiger partial charge is 0.408 e. The molecule has 1 aromatic heterocycles. The first kappa shape index (κ1) is 28.5. The fraction of sp³-hybridized carbons (Fsp3) is 0.200. The van der Waals surface area contributed by atoms with E-state index in [0.717, 1.165) is 21.9 Å². The van der Waals surface area contributed by atoms with Gasteiger partial charge in [0.25, 0.3) is 0 Å². The topological polar surface area (TPSA) is 29.5 Å². The van der Waals surface area contributed by atoms with Crippen molar-refractivity contribution in [1.29, 1.82) is 0 Å². The minimum atomic E-state index is -1.58. The van der Waals surface area contributed by atoms with Gasteiger partial charge in [-0.2, -0.15) is 4.67 Å². The lowest BCUT2D eigenvalue weighted by Crippen LogP contribution is -2.27. The van der Waals surface area contributed by atoms with E-state index in [-0.39, 0.29) is 12.1 Å². The first-order valence-corrected chi connectivity index (χ1v) is 16.6. The Morgan fingerprint density at radius 2 is 0.909 bits per heavy atom. The highest BCUT2D eigenvalue weighted by Gasteiger charge is 2.31. The van der Waals surface area contributed by atoms with Crippen LogP contribution < -0.4 is 4.67 Å². The first-order valence-electron chi connectivity index (χ1n) is 15.4. The third kappa shape index (κ3) is 4.72. The summed E-state index contributed by atoms with van der Waals surface area (Å²) in [4.78, 5) is 0. The minimum absolute atomic E-state index is 0.00994. The molecule has 0 amide bonds. The van der Waals surface area contributed by atoms with E-state index in [1.54, 1.807) is 0 Å². The Morgan fingerprint density at radius 3 is 1.36 bits per heavy atom. The molecule has 0 radical (unpaired) electrons. The predicted octanol–water partition coefficient (Wildman–Crippen LogP) is 12.3. The van der Waals surface area contributed by atoms with E-state index in [0.29, 0.717) is 0 Å². The van der Waals surface area contributed by atoms with E-state index in [2.05, 4.69) is 155 Å². The average Bonchev–Trinajstić information content (AvgIpc) is 3.21. The monoisotopic (exact) mass is 595 g/mol. The second-order valence-electron chi connectivity index (χ2n) is 12.1. The highest BCUT2D eigenvalue weighted by molar-refractivity contribution is 7.39. The molecule has 0 saturated carbocycles. The molecule has 0 N–H and O–H groups in total. The van der Waals surface area contributed by atoms with E-state index in [1.807, 2.05) is 0 Å². The van der Waals surface area contributed by atoms with Crippen LogP contribution >= 0.6 is 8.16 Å². The molecule has 0 fully saturated rings. The zero-order valence-corrected chi connectivity index (χ0v) is 27.2. The molecule has 4 heteroatoms. The number of nitrogens with zero attached hydrogens (tertiary/aromatic N) is 1. The Morgan fingerprint density at radius 1 is 0.500 bits per heavy atom. The summed E-state index contributed by atoms with van der Waals surface area (Å²) < 4.78 is 16.7. The van der Waals surface area contributed by atoms with Crippen LogP contribution in [-0.2, 0) is 0 Å². The Labute approximate surface area is 260 Å². The summed E-state index contributed by atoms with van der Waals surface area (Å²) >= 11 is 0. The van der Waals surface area contributed by atoms with Crippen molar-refractivity contribution in [2.24, 2.45) is 0 Å². The van der Waals surface area contributed by atoms with E-state index in [9.17, 15) is 0 Å². The minimum Gasteiger partial charge on any atom is -0.408 e. The second-order valence-corrected chi connectivity index (χ2v) is 13.4. The van der Waals surface area contributed by atoms with Gasteiger partial charge in [-0.3, -0.25) is 0 Å². The number of aryl methyl sites for hydroxylation is 4. The Bertz CT molecular complexity index is 2070. The number of fused-ring (bicyclic) bond motifs is 5. The van der Waals surface area contributed by atoms with Crippen molar-refractivity contribution >= 4 is 51.6 Å². The number of hydrogen-bond acceptors (Lipinski definition) is 3. The fourth-order valence-electron chi connectivity index (χ4n) is 6.77. The Hall–Kier alpha value is -4.30. The van der Waals surface area contributed by atoms with Gasteiger partial charge in [-0.15, -0.1) is 0 Å². The molecular weight excluding hydrogens is 557 g/mol. The van der Waals surface area contributed by atoms with Gasteiger partial charge in [-0.05, 0) is 109 Å². The van der Waals surface area contributed by atoms with Gasteiger partial charge in [0.2, 0.25) is 0 Å².